The van der Waals surface area contributed by atoms with Gasteiger partial charge in [-0.3, -0.25) is 9.78 Å². The van der Waals surface area contributed by atoms with Gasteiger partial charge in [0.05, 0.1) is 30.8 Å². The molecule has 6 nitrogen and oxygen atoms in total. The fourth-order valence-corrected chi connectivity index (χ4v) is 3.59. The first-order valence-electron chi connectivity index (χ1n) is 9.76. The number of rotatable bonds is 5. The zero-order chi connectivity index (χ0) is 22.1. The summed E-state index contributed by atoms with van der Waals surface area (Å²) in [7, 11) is 3.05. The summed E-state index contributed by atoms with van der Waals surface area (Å²) in [6.45, 7) is 3.81. The number of halogens is 1. The van der Waals surface area contributed by atoms with E-state index < -0.39 is 0 Å². The summed E-state index contributed by atoms with van der Waals surface area (Å²) in [6, 6.07) is 10.1. The Labute approximate surface area is 178 Å². The van der Waals surface area contributed by atoms with Gasteiger partial charge in [0.2, 0.25) is 0 Å². The van der Waals surface area contributed by atoms with Gasteiger partial charge in [-0.1, -0.05) is 0 Å². The third-order valence-corrected chi connectivity index (χ3v) is 5.17. The summed E-state index contributed by atoms with van der Waals surface area (Å²) in [5.41, 5.74) is 4.42. The van der Waals surface area contributed by atoms with E-state index >= 15 is 0 Å². The van der Waals surface area contributed by atoms with Crippen LogP contribution >= 0.6 is 0 Å². The van der Waals surface area contributed by atoms with Crippen LogP contribution in [0.5, 0.6) is 11.5 Å². The maximum atomic E-state index is 13.8. The van der Waals surface area contributed by atoms with Gasteiger partial charge in [0.15, 0.2) is 11.5 Å². The summed E-state index contributed by atoms with van der Waals surface area (Å²) in [6.07, 6.45) is 2.14. The molecule has 0 radical (unpaired) electrons. The van der Waals surface area contributed by atoms with Gasteiger partial charge in [-0.25, -0.2) is 9.37 Å². The van der Waals surface area contributed by atoms with Gasteiger partial charge < -0.3 is 14.5 Å². The van der Waals surface area contributed by atoms with Gasteiger partial charge in [-0.05, 0) is 60.9 Å². The number of nitrogens with zero attached hydrogens (tertiary/aromatic N) is 2. The highest BCUT2D eigenvalue weighted by molar-refractivity contribution is 5.81. The summed E-state index contributed by atoms with van der Waals surface area (Å²) < 4.78 is 24.3. The molecule has 0 spiro atoms. The fraction of sp³-hybridized carbons (Fsp3) is 0.208. The third kappa shape index (κ3) is 4.12. The number of benzene rings is 2. The number of ether oxygens (including phenoxy) is 2. The first-order valence-corrected chi connectivity index (χ1v) is 9.76. The molecule has 1 N–H and O–H groups in total. The highest BCUT2D eigenvalue weighted by atomic mass is 19.1. The van der Waals surface area contributed by atoms with Crippen LogP contribution in [0.3, 0.4) is 0 Å². The maximum absolute atomic E-state index is 13.8. The van der Waals surface area contributed by atoms with Crippen molar-refractivity contribution in [1.82, 2.24) is 15.0 Å². The van der Waals surface area contributed by atoms with Gasteiger partial charge in [-0.15, -0.1) is 0 Å². The minimum Gasteiger partial charge on any atom is -0.493 e. The highest BCUT2D eigenvalue weighted by Crippen LogP contribution is 2.30. The van der Waals surface area contributed by atoms with E-state index in [4.69, 9.17) is 9.47 Å². The average molecular weight is 419 g/mol. The molecule has 2 aromatic heterocycles. The Morgan fingerprint density at radius 3 is 2.42 bits per heavy atom. The van der Waals surface area contributed by atoms with Crippen molar-refractivity contribution in [2.75, 3.05) is 14.2 Å². The van der Waals surface area contributed by atoms with E-state index in [2.05, 4.69) is 15.0 Å². The zero-order valence-corrected chi connectivity index (χ0v) is 17.7. The van der Waals surface area contributed by atoms with Crippen LogP contribution in [0.15, 0.2) is 47.4 Å². The van der Waals surface area contributed by atoms with Crippen molar-refractivity contribution >= 4 is 10.9 Å². The summed E-state index contributed by atoms with van der Waals surface area (Å²) in [5, 5.41) is 0.424. The molecule has 2 aromatic carbocycles. The Morgan fingerprint density at radius 2 is 1.74 bits per heavy atom. The molecule has 31 heavy (non-hydrogen) atoms. The predicted octanol–water partition coefficient (Wildman–Crippen LogP) is 4.35. The Hall–Kier alpha value is -3.74. The Morgan fingerprint density at radius 1 is 1.00 bits per heavy atom. The summed E-state index contributed by atoms with van der Waals surface area (Å²) in [5.74, 6) is 1.21. The van der Waals surface area contributed by atoms with E-state index in [1.165, 1.54) is 26.4 Å². The summed E-state index contributed by atoms with van der Waals surface area (Å²) >= 11 is 0. The highest BCUT2D eigenvalue weighted by Gasteiger charge is 2.13. The van der Waals surface area contributed by atoms with Crippen molar-refractivity contribution in [3.05, 3.63) is 81.3 Å². The van der Waals surface area contributed by atoms with Gasteiger partial charge in [-0.2, -0.15) is 0 Å². The van der Waals surface area contributed by atoms with Crippen molar-refractivity contribution in [3.63, 3.8) is 0 Å². The average Bonchev–Trinajstić information content (AvgIpc) is 2.73. The minimum absolute atomic E-state index is 0.251. The molecule has 0 amide bonds. The lowest BCUT2D eigenvalue weighted by Gasteiger charge is -2.11. The first kappa shape index (κ1) is 20.5. The molecular formula is C24H22FN3O3. The predicted molar refractivity (Wildman–Crippen MR) is 117 cm³/mol. The molecule has 0 aliphatic carbocycles. The molecular weight excluding hydrogens is 397 g/mol. The molecule has 0 saturated carbocycles. The molecule has 0 aliphatic rings. The van der Waals surface area contributed by atoms with Crippen LogP contribution in [0.25, 0.3) is 22.2 Å². The number of hydrogen-bond donors (Lipinski definition) is 1. The number of methoxy groups -OCH3 is 2. The molecule has 4 rings (SSSR count). The molecule has 0 bridgehead atoms. The van der Waals surface area contributed by atoms with Crippen LogP contribution < -0.4 is 15.0 Å². The smallest absolute Gasteiger partial charge is 0.258 e. The molecule has 158 valence electrons. The zero-order valence-electron chi connectivity index (χ0n) is 17.7. The van der Waals surface area contributed by atoms with Crippen LogP contribution in [0, 0.1) is 19.7 Å². The Balaban J connectivity index is 1.69. The largest absolute Gasteiger partial charge is 0.493 e. The molecule has 0 saturated heterocycles. The van der Waals surface area contributed by atoms with Gasteiger partial charge >= 0.3 is 0 Å². The second-order valence-electron chi connectivity index (χ2n) is 7.43. The van der Waals surface area contributed by atoms with Crippen LogP contribution in [0.2, 0.25) is 0 Å². The third-order valence-electron chi connectivity index (χ3n) is 5.17. The van der Waals surface area contributed by atoms with Gasteiger partial charge in [0.25, 0.3) is 5.56 Å². The standard InChI is InChI=1S/C24H22FN3O3/c1-13-5-15(8-17(25)6-13)19-7-14(2)16(12-26-19)9-23-27-20-11-22(31-4)21(30-3)10-18(20)24(29)28-23/h5-8,10-12H,9H2,1-4H3,(H,27,28,29). The van der Waals surface area contributed by atoms with E-state index in [0.717, 1.165) is 22.3 Å². The van der Waals surface area contributed by atoms with Crippen molar-refractivity contribution in [1.29, 1.82) is 0 Å². The van der Waals surface area contributed by atoms with Crippen LogP contribution in [-0.2, 0) is 6.42 Å². The molecule has 4 aromatic rings. The fourth-order valence-electron chi connectivity index (χ4n) is 3.59. The lowest BCUT2D eigenvalue weighted by atomic mass is 10.0. The lowest BCUT2D eigenvalue weighted by molar-refractivity contribution is 0.355. The number of pyridine rings is 1. The number of aromatic amines is 1. The number of hydrogen-bond acceptors (Lipinski definition) is 5. The minimum atomic E-state index is -0.288. The van der Waals surface area contributed by atoms with Crippen molar-refractivity contribution in [3.8, 4) is 22.8 Å². The molecule has 7 heteroatoms. The maximum Gasteiger partial charge on any atom is 0.258 e. The van der Waals surface area contributed by atoms with Crippen molar-refractivity contribution in [2.24, 2.45) is 0 Å². The normalized spacial score (nSPS) is 11.0. The van der Waals surface area contributed by atoms with Gasteiger partial charge in [0.1, 0.15) is 11.6 Å². The quantitative estimate of drug-likeness (QED) is 0.520. The van der Waals surface area contributed by atoms with Crippen LogP contribution in [0.4, 0.5) is 4.39 Å². The van der Waals surface area contributed by atoms with Crippen molar-refractivity contribution in [2.45, 2.75) is 20.3 Å². The topological polar surface area (TPSA) is 77.1 Å². The molecule has 0 atom stereocenters. The van der Waals surface area contributed by atoms with Crippen LogP contribution in [-0.4, -0.2) is 29.2 Å². The van der Waals surface area contributed by atoms with E-state index in [-0.39, 0.29) is 11.4 Å². The molecule has 0 aliphatic heterocycles. The number of fused-ring (bicyclic) bond motifs is 1. The van der Waals surface area contributed by atoms with Crippen molar-refractivity contribution < 1.29 is 13.9 Å². The van der Waals surface area contributed by atoms with E-state index in [0.29, 0.717) is 40.3 Å². The number of H-pyrrole nitrogens is 1. The number of nitrogens with one attached hydrogen (secondary N) is 1. The number of aromatic nitrogens is 3. The van der Waals surface area contributed by atoms with Gasteiger partial charge in [0, 0.05) is 24.2 Å². The molecule has 0 fully saturated rings. The molecule has 2 heterocycles. The van der Waals surface area contributed by atoms with E-state index in [9.17, 15) is 9.18 Å². The second kappa shape index (κ2) is 8.18. The second-order valence-corrected chi connectivity index (χ2v) is 7.43. The SMILES string of the molecule is COc1cc2nc(Cc3cnc(-c4cc(C)cc(F)c4)cc3C)[nH]c(=O)c2cc1OC. The molecule has 0 unspecified atom stereocenters. The van der Waals surface area contributed by atoms with E-state index in [1.807, 2.05) is 26.0 Å². The van der Waals surface area contributed by atoms with E-state index in [1.54, 1.807) is 18.3 Å². The Bertz CT molecular complexity index is 1330. The number of aryl methyl sites for hydroxylation is 2. The monoisotopic (exact) mass is 419 g/mol. The Kier molecular flexibility index (Phi) is 5.42. The van der Waals surface area contributed by atoms with Crippen LogP contribution in [0.1, 0.15) is 22.5 Å². The summed E-state index contributed by atoms with van der Waals surface area (Å²) in [4.78, 5) is 24.5. The first-order chi connectivity index (χ1) is 14.9. The lowest BCUT2D eigenvalue weighted by Crippen LogP contribution is -2.13.